The molecule has 0 aromatic heterocycles. The van der Waals surface area contributed by atoms with E-state index in [0.717, 1.165) is 45.4 Å². The van der Waals surface area contributed by atoms with Crippen molar-refractivity contribution in [1.29, 1.82) is 0 Å². The number of carbonyl (C=O) groups is 2. The van der Waals surface area contributed by atoms with Crippen LogP contribution in [0.5, 0.6) is 0 Å². The highest BCUT2D eigenvalue weighted by Gasteiger charge is 2.64. The Labute approximate surface area is 179 Å². The van der Waals surface area contributed by atoms with Crippen molar-refractivity contribution in [2.75, 3.05) is 46.3 Å². The number of hydrogen-bond acceptors (Lipinski definition) is 3. The summed E-state index contributed by atoms with van der Waals surface area (Å²) >= 11 is 6.08. The van der Waals surface area contributed by atoms with E-state index in [1.54, 1.807) is 12.1 Å². The summed E-state index contributed by atoms with van der Waals surface area (Å²) in [6.07, 6.45) is 2.74. The van der Waals surface area contributed by atoms with Crippen molar-refractivity contribution in [2.24, 2.45) is 16.7 Å². The molecule has 0 saturated carbocycles. The van der Waals surface area contributed by atoms with E-state index in [-0.39, 0.29) is 16.7 Å². The Morgan fingerprint density at radius 3 is 2.45 bits per heavy atom. The quantitative estimate of drug-likeness (QED) is 0.757. The predicted molar refractivity (Wildman–Crippen MR) is 115 cm³/mol. The number of carbonyl (C=O) groups excluding carboxylic acids is 2. The smallest absolute Gasteiger partial charge is 0.253 e. The monoisotopic (exact) mass is 417 g/mol. The number of benzene rings is 1. The third-order valence-corrected chi connectivity index (χ3v) is 7.60. The fourth-order valence-corrected chi connectivity index (χ4v) is 6.17. The standard InChI is InChI=1S/C23H32ClN3O2/c1-17(2)14-26-15-22(23(16-26)9-10-25(3)21(23)29)7-11-27(12-8-22)20(28)18-5-4-6-19(24)13-18/h4-6,13,17H,7-12,14-16H2,1-3H3. The van der Waals surface area contributed by atoms with Crippen LogP contribution in [-0.4, -0.2) is 72.8 Å². The van der Waals surface area contributed by atoms with Crippen molar-refractivity contribution in [3.63, 3.8) is 0 Å². The Bertz CT molecular complexity index is 803. The van der Waals surface area contributed by atoms with Gasteiger partial charge in [-0.15, -0.1) is 0 Å². The van der Waals surface area contributed by atoms with Crippen LogP contribution in [0.2, 0.25) is 5.02 Å². The molecular formula is C23H32ClN3O2. The summed E-state index contributed by atoms with van der Waals surface area (Å²) in [5.41, 5.74) is 0.351. The molecule has 3 fully saturated rings. The minimum atomic E-state index is -0.276. The first-order valence-electron chi connectivity index (χ1n) is 10.8. The maximum atomic E-state index is 13.3. The summed E-state index contributed by atoms with van der Waals surface area (Å²) in [5, 5.41) is 0.586. The van der Waals surface area contributed by atoms with Crippen LogP contribution in [0.4, 0.5) is 0 Å². The Balaban J connectivity index is 1.54. The lowest BCUT2D eigenvalue weighted by atomic mass is 9.60. The molecule has 3 saturated heterocycles. The number of halogens is 1. The van der Waals surface area contributed by atoms with Crippen molar-refractivity contribution in [1.82, 2.24) is 14.7 Å². The van der Waals surface area contributed by atoms with Crippen molar-refractivity contribution in [3.8, 4) is 0 Å². The molecule has 1 unspecified atom stereocenters. The van der Waals surface area contributed by atoms with Gasteiger partial charge in [-0.2, -0.15) is 0 Å². The number of fused-ring (bicyclic) bond motifs is 1. The number of piperidine rings is 1. The van der Waals surface area contributed by atoms with E-state index in [9.17, 15) is 9.59 Å². The zero-order valence-corrected chi connectivity index (χ0v) is 18.5. The van der Waals surface area contributed by atoms with Gasteiger partial charge in [0, 0.05) is 62.3 Å². The Kier molecular flexibility index (Phi) is 5.41. The van der Waals surface area contributed by atoms with E-state index in [1.807, 2.05) is 29.0 Å². The zero-order chi connectivity index (χ0) is 20.8. The van der Waals surface area contributed by atoms with Gasteiger partial charge in [0.25, 0.3) is 5.91 Å². The van der Waals surface area contributed by atoms with E-state index in [2.05, 4.69) is 18.7 Å². The number of nitrogens with zero attached hydrogens (tertiary/aromatic N) is 3. The predicted octanol–water partition coefficient (Wildman–Crippen LogP) is 3.38. The summed E-state index contributed by atoms with van der Waals surface area (Å²) in [7, 11) is 1.94. The van der Waals surface area contributed by atoms with Crippen molar-refractivity contribution in [3.05, 3.63) is 34.9 Å². The molecule has 2 spiro atoms. The van der Waals surface area contributed by atoms with Gasteiger partial charge in [-0.3, -0.25) is 9.59 Å². The van der Waals surface area contributed by atoms with Gasteiger partial charge in [-0.05, 0) is 43.4 Å². The largest absolute Gasteiger partial charge is 0.345 e. The van der Waals surface area contributed by atoms with Crippen LogP contribution in [0.1, 0.15) is 43.5 Å². The molecule has 0 aliphatic carbocycles. The molecule has 6 heteroatoms. The third-order valence-electron chi connectivity index (χ3n) is 7.37. The van der Waals surface area contributed by atoms with Gasteiger partial charge in [0.1, 0.15) is 0 Å². The van der Waals surface area contributed by atoms with E-state index >= 15 is 0 Å². The summed E-state index contributed by atoms with van der Waals surface area (Å²) < 4.78 is 0. The molecule has 3 aliphatic heterocycles. The van der Waals surface area contributed by atoms with Crippen molar-refractivity contribution < 1.29 is 9.59 Å². The molecule has 2 amide bonds. The average molecular weight is 418 g/mol. The number of rotatable bonds is 3. The van der Waals surface area contributed by atoms with Gasteiger partial charge in [0.05, 0.1) is 5.41 Å². The number of hydrogen-bond donors (Lipinski definition) is 0. The first-order chi connectivity index (χ1) is 13.8. The summed E-state index contributed by atoms with van der Waals surface area (Å²) in [6, 6.07) is 7.18. The molecule has 0 N–H and O–H groups in total. The van der Waals surface area contributed by atoms with Gasteiger partial charge in [-0.1, -0.05) is 31.5 Å². The fraction of sp³-hybridized carbons (Fsp3) is 0.652. The second-order valence-corrected chi connectivity index (χ2v) is 10.1. The Hall–Kier alpha value is -1.59. The molecular weight excluding hydrogens is 386 g/mol. The van der Waals surface area contributed by atoms with Crippen LogP contribution in [0.3, 0.4) is 0 Å². The highest BCUT2D eigenvalue weighted by Crippen LogP contribution is 2.57. The molecule has 1 aromatic carbocycles. The van der Waals surface area contributed by atoms with E-state index in [1.165, 1.54) is 0 Å². The fourth-order valence-electron chi connectivity index (χ4n) is 5.98. The molecule has 1 atom stereocenters. The first kappa shape index (κ1) is 20.7. The van der Waals surface area contributed by atoms with Crippen LogP contribution < -0.4 is 0 Å². The van der Waals surface area contributed by atoms with Gasteiger partial charge in [0.2, 0.25) is 5.91 Å². The van der Waals surface area contributed by atoms with E-state index in [0.29, 0.717) is 35.5 Å². The molecule has 3 aliphatic rings. The van der Waals surface area contributed by atoms with Gasteiger partial charge in [0.15, 0.2) is 0 Å². The second kappa shape index (κ2) is 7.59. The first-order valence-corrected chi connectivity index (χ1v) is 11.2. The molecule has 158 valence electrons. The molecule has 1 aromatic rings. The van der Waals surface area contributed by atoms with E-state index < -0.39 is 0 Å². The lowest BCUT2D eigenvalue weighted by molar-refractivity contribution is -0.141. The molecule has 29 heavy (non-hydrogen) atoms. The maximum absolute atomic E-state index is 13.3. The van der Waals surface area contributed by atoms with Crippen LogP contribution >= 0.6 is 11.6 Å². The second-order valence-electron chi connectivity index (χ2n) is 9.71. The summed E-state index contributed by atoms with van der Waals surface area (Å²) in [5.74, 6) is 0.947. The highest BCUT2D eigenvalue weighted by molar-refractivity contribution is 6.30. The SMILES string of the molecule is CC(C)CN1CC2(CCN(C(=O)c3cccc(Cl)c3)CC2)C2(CCN(C)C2=O)C1. The third kappa shape index (κ3) is 3.46. The van der Waals surface area contributed by atoms with Gasteiger partial charge in [-0.25, -0.2) is 0 Å². The zero-order valence-electron chi connectivity index (χ0n) is 17.8. The van der Waals surface area contributed by atoms with E-state index in [4.69, 9.17) is 11.6 Å². The maximum Gasteiger partial charge on any atom is 0.253 e. The van der Waals surface area contributed by atoms with Crippen LogP contribution in [0, 0.1) is 16.7 Å². The Morgan fingerprint density at radius 1 is 1.14 bits per heavy atom. The molecule has 0 bridgehead atoms. The topological polar surface area (TPSA) is 43.9 Å². The lowest BCUT2D eigenvalue weighted by Crippen LogP contribution is -2.53. The normalized spacial score (nSPS) is 27.0. The Morgan fingerprint density at radius 2 is 1.86 bits per heavy atom. The molecule has 5 nitrogen and oxygen atoms in total. The minimum absolute atomic E-state index is 0.0190. The molecule has 3 heterocycles. The molecule has 0 radical (unpaired) electrons. The number of likely N-dealkylation sites (tertiary alicyclic amines) is 3. The average Bonchev–Trinajstić information content (AvgIpc) is 3.13. The van der Waals surface area contributed by atoms with Crippen LogP contribution in [0.15, 0.2) is 24.3 Å². The van der Waals surface area contributed by atoms with Crippen molar-refractivity contribution in [2.45, 2.75) is 33.1 Å². The van der Waals surface area contributed by atoms with Crippen LogP contribution in [0.25, 0.3) is 0 Å². The number of amides is 2. The van der Waals surface area contributed by atoms with Crippen LogP contribution in [-0.2, 0) is 4.79 Å². The lowest BCUT2D eigenvalue weighted by Gasteiger charge is -2.47. The van der Waals surface area contributed by atoms with Crippen molar-refractivity contribution >= 4 is 23.4 Å². The minimum Gasteiger partial charge on any atom is -0.345 e. The summed E-state index contributed by atoms with van der Waals surface area (Å²) in [6.45, 7) is 9.63. The van der Waals surface area contributed by atoms with Gasteiger partial charge >= 0.3 is 0 Å². The highest BCUT2D eigenvalue weighted by atomic mass is 35.5. The van der Waals surface area contributed by atoms with Gasteiger partial charge < -0.3 is 14.7 Å². The molecule has 4 rings (SSSR count). The summed E-state index contributed by atoms with van der Waals surface area (Å²) in [4.78, 5) is 32.7.